The summed E-state index contributed by atoms with van der Waals surface area (Å²) in [5.74, 6) is -1.08. The molecule has 40 nitrogen and oxygen atoms in total. The Labute approximate surface area is 425 Å². The first-order chi connectivity index (χ1) is 36.1. The number of imidazole rings is 3. The van der Waals surface area contributed by atoms with Crippen LogP contribution in [0, 0.1) is 0 Å². The molecule has 3 fully saturated rings. The summed E-state index contributed by atoms with van der Waals surface area (Å²) in [6.07, 6.45) is -17.1. The van der Waals surface area contributed by atoms with Crippen molar-refractivity contribution in [2.24, 2.45) is 7.05 Å². The molecule has 0 bridgehead atoms. The Kier molecular flexibility index (Phi) is 15.4. The molecular weight excluding hydrogens is 1130 g/mol. The van der Waals surface area contributed by atoms with Crippen molar-refractivity contribution in [2.75, 3.05) is 51.2 Å². The van der Waals surface area contributed by atoms with E-state index in [0.717, 1.165) is 36.0 Å². The summed E-state index contributed by atoms with van der Waals surface area (Å²) in [4.78, 5) is 116. The van der Waals surface area contributed by atoms with Gasteiger partial charge in [-0.1, -0.05) is 4.98 Å². The Balaban J connectivity index is 0.875. The van der Waals surface area contributed by atoms with Gasteiger partial charge in [0.05, 0.1) is 39.5 Å². The quantitative estimate of drug-likeness (QED) is 0.0253. The van der Waals surface area contributed by atoms with Gasteiger partial charge in [0.15, 0.2) is 41.1 Å². The molecule has 9 rings (SSSR count). The lowest BCUT2D eigenvalue weighted by molar-refractivity contribution is -0.745. The van der Waals surface area contributed by atoms with Gasteiger partial charge < -0.3 is 93.9 Å². The van der Waals surface area contributed by atoms with Crippen LogP contribution < -0.4 is 58.0 Å². The molecule has 16 atom stereocenters. The second-order valence-electron chi connectivity index (χ2n) is 16.8. The average Bonchev–Trinajstić information content (AvgIpc) is 4.18. The molecule has 77 heavy (non-hydrogen) atoms. The number of hydrogen-bond donors (Lipinski definition) is 9. The monoisotopic (exact) mass is 1170 g/mol. The van der Waals surface area contributed by atoms with Crippen LogP contribution in [0.3, 0.4) is 0 Å². The highest BCUT2D eigenvalue weighted by molar-refractivity contribution is 7.65. The van der Waals surface area contributed by atoms with Gasteiger partial charge in [-0.05, 0) is 0 Å². The molecule has 0 spiro atoms. The van der Waals surface area contributed by atoms with Crippen LogP contribution in [0.2, 0.25) is 0 Å². The fourth-order valence-corrected chi connectivity index (χ4v) is 12.9. The zero-order chi connectivity index (χ0) is 55.8. The molecule has 6 aromatic heterocycles. The van der Waals surface area contributed by atoms with E-state index >= 15 is 0 Å². The predicted molar refractivity (Wildman–Crippen MR) is 238 cm³/mol. The summed E-state index contributed by atoms with van der Waals surface area (Å²) in [6.45, 7) is -3.68. The third-order valence-corrected chi connectivity index (χ3v) is 16.9. The smallest absolute Gasteiger partial charge is 0.313 e. The van der Waals surface area contributed by atoms with Crippen LogP contribution in [-0.4, -0.2) is 158 Å². The van der Waals surface area contributed by atoms with E-state index in [0.29, 0.717) is 0 Å². The molecule has 44 heteroatoms. The average molecular weight is 1170 g/mol. The summed E-state index contributed by atoms with van der Waals surface area (Å²) >= 11 is 0. The third-order valence-electron chi connectivity index (χ3n) is 11.8. The first kappa shape index (κ1) is 56.4. The van der Waals surface area contributed by atoms with E-state index in [2.05, 4.69) is 53.0 Å². The Bertz CT molecular complexity index is 3610. The van der Waals surface area contributed by atoms with Gasteiger partial charge in [0.2, 0.25) is 23.6 Å². The maximum atomic E-state index is 13.6. The van der Waals surface area contributed by atoms with Crippen LogP contribution >= 0.6 is 31.3 Å². The van der Waals surface area contributed by atoms with Crippen LogP contribution in [0.1, 0.15) is 18.7 Å². The molecule has 0 amide bonds. The van der Waals surface area contributed by atoms with Gasteiger partial charge in [-0.3, -0.25) is 61.3 Å². The Morgan fingerprint density at radius 3 is 1.68 bits per heavy atom. The van der Waals surface area contributed by atoms with Gasteiger partial charge in [0.1, 0.15) is 54.9 Å². The number of aryl methyl sites for hydroxylation is 1. The molecule has 12 N–H and O–H groups in total. The summed E-state index contributed by atoms with van der Waals surface area (Å²) in [5, 5.41) is 32.7. The number of phosphoric ester groups is 3. The third kappa shape index (κ3) is 11.3. The Morgan fingerprint density at radius 2 is 1.12 bits per heavy atom. The van der Waals surface area contributed by atoms with Gasteiger partial charge in [0, 0.05) is 14.2 Å². The number of aromatic amines is 3. The van der Waals surface area contributed by atoms with Crippen molar-refractivity contribution in [2.45, 2.75) is 73.6 Å². The van der Waals surface area contributed by atoms with Crippen molar-refractivity contribution in [1.29, 1.82) is 0 Å². The number of aliphatic hydroxyl groups is 3. The number of phosphoric acid groups is 4. The highest BCUT2D eigenvalue weighted by Gasteiger charge is 2.52. The van der Waals surface area contributed by atoms with Crippen LogP contribution in [0.5, 0.6) is 0 Å². The number of nitrogens with one attached hydrogen (secondary N) is 3. The lowest BCUT2D eigenvalue weighted by Gasteiger charge is -2.35. The zero-order valence-electron chi connectivity index (χ0n) is 39.2. The second-order valence-corrected chi connectivity index (χ2v) is 22.7. The van der Waals surface area contributed by atoms with E-state index in [4.69, 9.17) is 54.5 Å². The number of nitrogens with zero attached hydrogens (tertiary/aromatic N) is 9. The molecule has 422 valence electrons. The molecule has 0 saturated carbocycles. The minimum atomic E-state index is -6.60. The fourth-order valence-electron chi connectivity index (χ4n) is 8.61. The molecule has 9 heterocycles. The number of nitrogens with two attached hydrogens (primary N) is 3. The molecule has 0 aliphatic carbocycles. The highest BCUT2D eigenvalue weighted by Crippen LogP contribution is 2.63. The molecular formula is C33H42N15O25P4-3. The summed E-state index contributed by atoms with van der Waals surface area (Å²) in [7, 11) is -21.3. The molecule has 6 aromatic rings. The van der Waals surface area contributed by atoms with Gasteiger partial charge in [-0.25, -0.2) is 23.2 Å². The largest absolute Gasteiger partial charge is 0.756 e. The number of H-pyrrole nitrogens is 3. The number of anilines is 3. The maximum Gasteiger partial charge on any atom is 0.313 e. The van der Waals surface area contributed by atoms with Crippen molar-refractivity contribution in [3.8, 4) is 0 Å². The van der Waals surface area contributed by atoms with Crippen molar-refractivity contribution < 1.29 is 108 Å². The van der Waals surface area contributed by atoms with Gasteiger partial charge in [-0.2, -0.15) is 9.97 Å². The minimum Gasteiger partial charge on any atom is -0.756 e. The molecule has 3 aliphatic rings. The van der Waals surface area contributed by atoms with E-state index in [1.54, 1.807) is 0 Å². The number of rotatable bonds is 20. The van der Waals surface area contributed by atoms with Gasteiger partial charge in [-0.15, -0.1) is 0 Å². The topological polar surface area (TPSA) is 583 Å². The van der Waals surface area contributed by atoms with E-state index in [1.807, 2.05) is 0 Å². The standard InChI is InChI=1S/C33H45N15O25P4/c1-45-9-48(24-15(45)27(54)44-33(36)41-24)29-18(51)19(63-2)11(69-29)5-66-75(57,58)72-77(61,62)73-76(59,60)67-6-12-20(21(64-3)30(70-12)47-8-38-14-23(47)40-32(35)43-26(14)53)71-74(55,56)65-4-10-16(49)17(50)28(68-10)46-7-37-13-22(46)39-31(34)42-25(13)52/h7-12,16-21,28-30,49-51H,4-6H2,1-3H3,(H12-,34,35,36,39,40,41,42,43,44,52,53,54,55,56,57,58,59,60,61,62)/p-3. The van der Waals surface area contributed by atoms with Crippen LogP contribution in [-0.2, 0) is 75.7 Å². The number of aromatic nitrogens is 12. The first-order valence-electron chi connectivity index (χ1n) is 21.7. The van der Waals surface area contributed by atoms with Crippen LogP contribution in [0.4, 0.5) is 17.8 Å². The molecule has 0 aromatic carbocycles. The number of hydrogen-bond acceptors (Lipinski definition) is 33. The second kappa shape index (κ2) is 21.0. The summed E-state index contributed by atoms with van der Waals surface area (Å²) in [5.41, 5.74) is 13.6. The van der Waals surface area contributed by atoms with E-state index in [1.165, 1.54) is 22.5 Å². The number of ether oxygens (including phenoxy) is 5. The maximum absolute atomic E-state index is 13.6. The molecule has 3 saturated heterocycles. The van der Waals surface area contributed by atoms with Crippen LogP contribution in [0.25, 0.3) is 33.5 Å². The minimum absolute atomic E-state index is 0.0113. The van der Waals surface area contributed by atoms with E-state index in [9.17, 15) is 67.5 Å². The normalized spacial score (nSPS) is 30.0. The van der Waals surface area contributed by atoms with Crippen molar-refractivity contribution in [3.63, 3.8) is 0 Å². The Morgan fingerprint density at radius 1 is 0.636 bits per heavy atom. The van der Waals surface area contributed by atoms with Crippen molar-refractivity contribution in [3.05, 3.63) is 50.0 Å². The lowest BCUT2D eigenvalue weighted by atomic mass is 10.1. The molecule has 0 radical (unpaired) electrons. The van der Waals surface area contributed by atoms with Crippen molar-refractivity contribution in [1.82, 2.24) is 53.6 Å². The first-order valence-corrected chi connectivity index (χ1v) is 27.5. The lowest BCUT2D eigenvalue weighted by Crippen LogP contribution is -2.46. The highest BCUT2D eigenvalue weighted by atomic mass is 31.3. The van der Waals surface area contributed by atoms with Crippen molar-refractivity contribution >= 4 is 82.6 Å². The van der Waals surface area contributed by atoms with E-state index in [-0.39, 0.29) is 45.4 Å². The number of methoxy groups -OCH3 is 2. The molecule has 16 unspecified atom stereocenters. The molecule has 3 aliphatic heterocycles. The summed E-state index contributed by atoms with van der Waals surface area (Å²) < 4.78 is 112. The predicted octanol–water partition coefficient (Wildman–Crippen LogP) is -7.29. The number of nitrogen functional groups attached to an aromatic ring is 3. The zero-order valence-corrected chi connectivity index (χ0v) is 42.7. The van der Waals surface area contributed by atoms with Crippen LogP contribution in [0.15, 0.2) is 33.4 Å². The van der Waals surface area contributed by atoms with Gasteiger partial charge in [0.25, 0.3) is 53.9 Å². The number of aliphatic hydroxyl groups excluding tert-OH is 3. The van der Waals surface area contributed by atoms with E-state index < -0.39 is 147 Å². The Hall–Kier alpha value is -5.35. The SMILES string of the molecule is COC1C(COP(=O)([O-])OP(=O)([O-])OP(=O)([O-])OCC2OC(n3cnc4c(=O)[nH]c(N)nc43)C(OC)C2OP(=O)([O-])OCC2OC(n3cnc4c(=O)[nH]c(N)nc43)C(O)C2O)OC([n+]2cn(C)c3c(=O)[nH]c(N)nc32)C1O. The fraction of sp³-hybridized carbons (Fsp3) is 0.545. The number of fused-ring (bicyclic) bond motifs is 3. The summed E-state index contributed by atoms with van der Waals surface area (Å²) in [6, 6.07) is 0. The van der Waals surface area contributed by atoms with Gasteiger partial charge >= 0.3 is 5.65 Å².